The molecule has 0 saturated carbocycles. The highest BCUT2D eigenvalue weighted by molar-refractivity contribution is 7.20. The molecule has 0 spiro atoms. The summed E-state index contributed by atoms with van der Waals surface area (Å²) in [6, 6.07) is 21.0. The lowest BCUT2D eigenvalue weighted by atomic mass is 10.00. The molecule has 0 bridgehead atoms. The van der Waals surface area contributed by atoms with Gasteiger partial charge >= 0.3 is 0 Å². The largest absolute Gasteiger partial charge is 0.383 e. The van der Waals surface area contributed by atoms with Crippen molar-refractivity contribution in [1.82, 2.24) is 4.98 Å². The van der Waals surface area contributed by atoms with Crippen molar-refractivity contribution in [3.63, 3.8) is 0 Å². The molecule has 0 unspecified atom stereocenters. The second kappa shape index (κ2) is 6.49. The first-order valence-corrected chi connectivity index (χ1v) is 8.87. The third kappa shape index (κ3) is 3.16. The molecule has 2 aromatic carbocycles. The minimum absolute atomic E-state index is 0.111. The van der Waals surface area contributed by atoms with Gasteiger partial charge in [0.2, 0.25) is 0 Å². The Labute approximate surface area is 150 Å². The number of fused-ring (bicyclic) bond motifs is 1. The van der Waals surface area contributed by atoms with Crippen molar-refractivity contribution in [2.24, 2.45) is 5.73 Å². The molecule has 3 N–H and O–H groups in total. The molecule has 0 aliphatic rings. The molecule has 3 nitrogen and oxygen atoms in total. The fraction of sp³-hybridized carbons (Fsp3) is 0.0476. The standard InChI is InChI=1S/C21H17N3S/c22-21(23)19-11-18-17(12-24-13-20(18)25-19)10-14-6-8-16(9-7-14)15-4-2-1-3-5-15/h1-9,11-13H,10H2,(H3,22,23). The van der Waals surface area contributed by atoms with Crippen LogP contribution in [0.2, 0.25) is 0 Å². The third-order valence-corrected chi connectivity index (χ3v) is 5.35. The van der Waals surface area contributed by atoms with E-state index in [9.17, 15) is 0 Å². The number of thiophene rings is 1. The first kappa shape index (κ1) is 15.5. The van der Waals surface area contributed by atoms with Crippen molar-refractivity contribution in [2.45, 2.75) is 6.42 Å². The first-order chi connectivity index (χ1) is 12.2. The first-order valence-electron chi connectivity index (χ1n) is 8.06. The zero-order chi connectivity index (χ0) is 17.2. The van der Waals surface area contributed by atoms with Crippen molar-refractivity contribution in [3.8, 4) is 11.1 Å². The predicted molar refractivity (Wildman–Crippen MR) is 105 cm³/mol. The van der Waals surface area contributed by atoms with Crippen LogP contribution in [0.1, 0.15) is 16.0 Å². The zero-order valence-electron chi connectivity index (χ0n) is 13.6. The monoisotopic (exact) mass is 343 g/mol. The van der Waals surface area contributed by atoms with Gasteiger partial charge in [-0.2, -0.15) is 0 Å². The van der Waals surface area contributed by atoms with Crippen molar-refractivity contribution in [1.29, 1.82) is 5.41 Å². The van der Waals surface area contributed by atoms with Gasteiger partial charge in [-0.1, -0.05) is 54.6 Å². The SMILES string of the molecule is N=C(N)c1cc2c(Cc3ccc(-c4ccccc4)cc3)cncc2s1. The lowest BCUT2D eigenvalue weighted by molar-refractivity contribution is 1.18. The highest BCUT2D eigenvalue weighted by atomic mass is 32.1. The van der Waals surface area contributed by atoms with E-state index in [0.29, 0.717) is 0 Å². The van der Waals surface area contributed by atoms with Crippen molar-refractivity contribution < 1.29 is 0 Å². The van der Waals surface area contributed by atoms with Gasteiger partial charge in [0.15, 0.2) is 0 Å². The zero-order valence-corrected chi connectivity index (χ0v) is 14.4. The number of aromatic nitrogens is 1. The lowest BCUT2D eigenvalue weighted by Gasteiger charge is -2.06. The Kier molecular flexibility index (Phi) is 4.04. The number of benzene rings is 2. The van der Waals surface area contributed by atoms with Crippen molar-refractivity contribution in [3.05, 3.63) is 89.1 Å². The number of nitrogens with one attached hydrogen (secondary N) is 1. The molecular formula is C21H17N3S. The molecule has 0 fully saturated rings. The average Bonchev–Trinajstić information content (AvgIpc) is 3.09. The van der Waals surface area contributed by atoms with Gasteiger partial charge in [-0.05, 0) is 40.1 Å². The van der Waals surface area contributed by atoms with Crippen LogP contribution in [0.15, 0.2) is 73.1 Å². The van der Waals surface area contributed by atoms with Crippen LogP contribution in [0.4, 0.5) is 0 Å². The predicted octanol–water partition coefficient (Wildman–Crippen LogP) is 4.84. The molecule has 0 radical (unpaired) electrons. The highest BCUT2D eigenvalue weighted by Crippen LogP contribution is 2.29. The summed E-state index contributed by atoms with van der Waals surface area (Å²) in [6.07, 6.45) is 4.56. The van der Waals surface area contributed by atoms with Crippen molar-refractivity contribution in [2.75, 3.05) is 0 Å². The fourth-order valence-corrected chi connectivity index (χ4v) is 3.89. The summed E-state index contributed by atoms with van der Waals surface area (Å²) < 4.78 is 1.07. The van der Waals surface area contributed by atoms with E-state index in [2.05, 4.69) is 53.5 Å². The number of rotatable bonds is 4. The quantitative estimate of drug-likeness (QED) is 0.411. The van der Waals surface area contributed by atoms with Gasteiger partial charge in [0.05, 0.1) is 9.58 Å². The molecule has 4 rings (SSSR count). The number of amidine groups is 1. The minimum Gasteiger partial charge on any atom is -0.383 e. The highest BCUT2D eigenvalue weighted by Gasteiger charge is 2.09. The van der Waals surface area contributed by atoms with E-state index in [1.165, 1.54) is 28.0 Å². The molecule has 122 valence electrons. The molecule has 0 aliphatic carbocycles. The van der Waals surface area contributed by atoms with Crippen LogP contribution in [0.5, 0.6) is 0 Å². The second-order valence-corrected chi connectivity index (χ2v) is 7.06. The van der Waals surface area contributed by atoms with Gasteiger partial charge in [-0.15, -0.1) is 11.3 Å². The topological polar surface area (TPSA) is 62.8 Å². The summed E-state index contributed by atoms with van der Waals surface area (Å²) in [5, 5.41) is 8.77. The third-order valence-electron chi connectivity index (χ3n) is 4.25. The summed E-state index contributed by atoms with van der Waals surface area (Å²) in [4.78, 5) is 5.14. The van der Waals surface area contributed by atoms with E-state index in [-0.39, 0.29) is 5.84 Å². The van der Waals surface area contributed by atoms with Gasteiger partial charge in [-0.25, -0.2) is 0 Å². The van der Waals surface area contributed by atoms with Crippen LogP contribution >= 0.6 is 11.3 Å². The second-order valence-electron chi connectivity index (χ2n) is 5.97. The van der Waals surface area contributed by atoms with Crippen LogP contribution < -0.4 is 5.73 Å². The van der Waals surface area contributed by atoms with Crippen LogP contribution in [0.25, 0.3) is 21.2 Å². The number of nitrogen functional groups attached to an aromatic ring is 1. The Morgan fingerprint density at radius 1 is 0.960 bits per heavy atom. The molecule has 4 heteroatoms. The molecule has 2 heterocycles. The Bertz CT molecular complexity index is 1030. The number of hydrogen-bond donors (Lipinski definition) is 2. The maximum atomic E-state index is 7.63. The summed E-state index contributed by atoms with van der Waals surface area (Å²) in [6.45, 7) is 0. The van der Waals surface area contributed by atoms with Gasteiger partial charge in [0.25, 0.3) is 0 Å². The van der Waals surface area contributed by atoms with E-state index in [1.807, 2.05) is 24.5 Å². The molecule has 4 aromatic rings. The molecule has 0 amide bonds. The molecule has 25 heavy (non-hydrogen) atoms. The maximum absolute atomic E-state index is 7.63. The molecular weight excluding hydrogens is 326 g/mol. The number of hydrogen-bond acceptors (Lipinski definition) is 3. The number of pyridine rings is 1. The molecule has 0 aliphatic heterocycles. The molecule has 0 saturated heterocycles. The van der Waals surface area contributed by atoms with Crippen molar-refractivity contribution >= 4 is 27.3 Å². The average molecular weight is 343 g/mol. The minimum atomic E-state index is 0.111. The van der Waals surface area contributed by atoms with E-state index < -0.39 is 0 Å². The summed E-state index contributed by atoms with van der Waals surface area (Å²) in [7, 11) is 0. The van der Waals surface area contributed by atoms with E-state index in [4.69, 9.17) is 11.1 Å². The molecule has 2 aromatic heterocycles. The molecule has 0 atom stereocenters. The smallest absolute Gasteiger partial charge is 0.133 e. The Morgan fingerprint density at radius 2 is 1.68 bits per heavy atom. The van der Waals surface area contributed by atoms with Gasteiger partial charge in [0, 0.05) is 12.4 Å². The van der Waals surface area contributed by atoms with E-state index in [1.54, 1.807) is 0 Å². The van der Waals surface area contributed by atoms with Crippen LogP contribution in [0, 0.1) is 5.41 Å². The van der Waals surface area contributed by atoms with E-state index in [0.717, 1.165) is 26.9 Å². The summed E-state index contributed by atoms with van der Waals surface area (Å²) in [5.41, 5.74) is 10.5. The van der Waals surface area contributed by atoms with Crippen LogP contribution in [0.3, 0.4) is 0 Å². The summed E-state index contributed by atoms with van der Waals surface area (Å²) >= 11 is 1.52. The Balaban J connectivity index is 1.64. The Morgan fingerprint density at radius 3 is 2.40 bits per heavy atom. The van der Waals surface area contributed by atoms with Gasteiger partial charge < -0.3 is 5.73 Å². The number of nitrogens with two attached hydrogens (primary N) is 1. The summed E-state index contributed by atoms with van der Waals surface area (Å²) in [5.74, 6) is 0.111. The van der Waals surface area contributed by atoms with Crippen LogP contribution in [-0.4, -0.2) is 10.8 Å². The van der Waals surface area contributed by atoms with E-state index >= 15 is 0 Å². The maximum Gasteiger partial charge on any atom is 0.133 e. The number of nitrogens with zero attached hydrogens (tertiary/aromatic N) is 1. The normalized spacial score (nSPS) is 10.9. The van der Waals surface area contributed by atoms with Crippen LogP contribution in [-0.2, 0) is 6.42 Å². The van der Waals surface area contributed by atoms with Gasteiger partial charge in [-0.3, -0.25) is 10.4 Å². The Hall–Kier alpha value is -2.98. The lowest BCUT2D eigenvalue weighted by Crippen LogP contribution is -2.08. The fourth-order valence-electron chi connectivity index (χ4n) is 2.96. The van der Waals surface area contributed by atoms with Gasteiger partial charge in [0.1, 0.15) is 5.84 Å².